The van der Waals surface area contributed by atoms with Crippen LogP contribution in [0.1, 0.15) is 24.0 Å². The number of aliphatic hydroxyl groups excluding tert-OH is 1. The van der Waals surface area contributed by atoms with Crippen LogP contribution in [-0.4, -0.2) is 48.7 Å². The number of fused-ring (bicyclic) bond motifs is 1. The fourth-order valence-electron chi connectivity index (χ4n) is 3.97. The van der Waals surface area contributed by atoms with Crippen LogP contribution in [0.25, 0.3) is 0 Å². The summed E-state index contributed by atoms with van der Waals surface area (Å²) in [5.74, 6) is -1.24. The van der Waals surface area contributed by atoms with Crippen molar-refractivity contribution in [3.05, 3.63) is 84.4 Å². The predicted octanol–water partition coefficient (Wildman–Crippen LogP) is 3.58. The lowest BCUT2D eigenvalue weighted by molar-refractivity contribution is -0.281. The molecule has 6 nitrogen and oxygen atoms in total. The summed E-state index contributed by atoms with van der Waals surface area (Å²) in [7, 11) is 0. The second kappa shape index (κ2) is 10.5. The second-order valence-corrected chi connectivity index (χ2v) is 7.82. The van der Waals surface area contributed by atoms with Crippen molar-refractivity contribution in [2.75, 3.05) is 13.2 Å². The lowest BCUT2D eigenvalue weighted by Gasteiger charge is -2.33. The minimum absolute atomic E-state index is 0.119. The topological polar surface area (TPSA) is 66.4 Å². The van der Waals surface area contributed by atoms with Crippen LogP contribution in [0.3, 0.4) is 0 Å². The Labute approximate surface area is 183 Å². The molecule has 2 aromatic rings. The number of rotatable bonds is 11. The molecule has 0 radical (unpaired) electrons. The third-order valence-corrected chi connectivity index (χ3v) is 5.56. The van der Waals surface area contributed by atoms with E-state index in [0.29, 0.717) is 19.8 Å². The highest BCUT2D eigenvalue weighted by Gasteiger charge is 2.66. The average molecular weight is 427 g/mol. The van der Waals surface area contributed by atoms with Gasteiger partial charge in [-0.05, 0) is 24.0 Å². The summed E-state index contributed by atoms with van der Waals surface area (Å²) in [6, 6.07) is 19.7. The molecule has 0 bridgehead atoms. The molecule has 0 unspecified atom stereocenters. The van der Waals surface area contributed by atoms with E-state index in [-0.39, 0.29) is 6.61 Å². The first kappa shape index (κ1) is 22.1. The molecule has 31 heavy (non-hydrogen) atoms. The van der Waals surface area contributed by atoms with E-state index in [4.69, 9.17) is 23.7 Å². The van der Waals surface area contributed by atoms with Crippen LogP contribution < -0.4 is 0 Å². The first-order valence-corrected chi connectivity index (χ1v) is 10.8. The maximum Gasteiger partial charge on any atom is 0.230 e. The Hall–Kier alpha value is -2.06. The van der Waals surface area contributed by atoms with Gasteiger partial charge >= 0.3 is 0 Å². The van der Waals surface area contributed by atoms with E-state index in [2.05, 4.69) is 6.58 Å². The summed E-state index contributed by atoms with van der Waals surface area (Å²) in [4.78, 5) is 0. The van der Waals surface area contributed by atoms with E-state index < -0.39 is 30.4 Å². The molecule has 6 heteroatoms. The van der Waals surface area contributed by atoms with Gasteiger partial charge in [-0.1, -0.05) is 66.7 Å². The fraction of sp³-hybridized carbons (Fsp3) is 0.440. The molecule has 2 aromatic carbocycles. The molecule has 4 rings (SSSR count). The quantitative estimate of drug-likeness (QED) is 0.438. The van der Waals surface area contributed by atoms with Crippen molar-refractivity contribution in [3.63, 3.8) is 0 Å². The maximum atomic E-state index is 10.5. The van der Waals surface area contributed by atoms with Crippen LogP contribution in [-0.2, 0) is 36.9 Å². The van der Waals surface area contributed by atoms with Gasteiger partial charge < -0.3 is 28.8 Å². The molecule has 0 spiro atoms. The van der Waals surface area contributed by atoms with Gasteiger partial charge in [-0.3, -0.25) is 0 Å². The standard InChI is InChI=1S/C25H30O6/c1-2-3-10-15-27-24-23(28-16-19-11-6-4-7-12-19)25(22(31-24)21(26)18-30-25)29-17-20-13-8-5-9-14-20/h2,4-9,11-14,21-24,26H,1,3,10,15-18H2/t21-,22+,23+,24+,25-/m1/s1. The second-order valence-electron chi connectivity index (χ2n) is 7.82. The van der Waals surface area contributed by atoms with E-state index >= 15 is 0 Å². The highest BCUT2D eigenvalue weighted by atomic mass is 16.8. The summed E-state index contributed by atoms with van der Waals surface area (Å²) >= 11 is 0. The fourth-order valence-corrected chi connectivity index (χ4v) is 3.97. The van der Waals surface area contributed by atoms with Crippen LogP contribution in [0.4, 0.5) is 0 Å². The van der Waals surface area contributed by atoms with E-state index in [0.717, 1.165) is 24.0 Å². The van der Waals surface area contributed by atoms with Crippen LogP contribution in [0.15, 0.2) is 73.3 Å². The van der Waals surface area contributed by atoms with Gasteiger partial charge in [0, 0.05) is 0 Å². The number of allylic oxidation sites excluding steroid dienone is 1. The summed E-state index contributed by atoms with van der Waals surface area (Å²) < 4.78 is 30.7. The van der Waals surface area contributed by atoms with Gasteiger partial charge in [-0.25, -0.2) is 0 Å². The maximum absolute atomic E-state index is 10.5. The number of hydrogen-bond acceptors (Lipinski definition) is 6. The van der Waals surface area contributed by atoms with Crippen LogP contribution in [0, 0.1) is 0 Å². The minimum atomic E-state index is -1.24. The molecule has 2 fully saturated rings. The number of ether oxygens (including phenoxy) is 5. The van der Waals surface area contributed by atoms with E-state index in [1.807, 2.05) is 66.7 Å². The molecular weight excluding hydrogens is 396 g/mol. The van der Waals surface area contributed by atoms with Gasteiger partial charge in [0.05, 0.1) is 26.4 Å². The lowest BCUT2D eigenvalue weighted by atomic mass is 10.0. The van der Waals surface area contributed by atoms with Crippen molar-refractivity contribution in [1.29, 1.82) is 0 Å². The third-order valence-electron chi connectivity index (χ3n) is 5.56. The zero-order chi connectivity index (χ0) is 21.5. The number of unbranched alkanes of at least 4 members (excludes halogenated alkanes) is 1. The van der Waals surface area contributed by atoms with Crippen molar-refractivity contribution in [2.24, 2.45) is 0 Å². The molecule has 5 atom stereocenters. The molecule has 0 saturated carbocycles. The molecule has 0 aliphatic carbocycles. The smallest absolute Gasteiger partial charge is 0.230 e. The molecule has 0 aromatic heterocycles. The summed E-state index contributed by atoms with van der Waals surface area (Å²) in [5, 5.41) is 10.5. The molecular formula is C25H30O6. The monoisotopic (exact) mass is 426 g/mol. The summed E-state index contributed by atoms with van der Waals surface area (Å²) in [5.41, 5.74) is 2.02. The molecule has 166 valence electrons. The van der Waals surface area contributed by atoms with Crippen molar-refractivity contribution < 1.29 is 28.8 Å². The van der Waals surface area contributed by atoms with Gasteiger partial charge in [-0.15, -0.1) is 6.58 Å². The van der Waals surface area contributed by atoms with Gasteiger partial charge in [0.25, 0.3) is 0 Å². The lowest BCUT2D eigenvalue weighted by Crippen LogP contribution is -2.51. The van der Waals surface area contributed by atoms with Crippen LogP contribution >= 0.6 is 0 Å². The van der Waals surface area contributed by atoms with E-state index in [1.165, 1.54) is 0 Å². The van der Waals surface area contributed by atoms with Crippen molar-refractivity contribution in [1.82, 2.24) is 0 Å². The molecule has 2 heterocycles. The third kappa shape index (κ3) is 5.06. The Morgan fingerprint density at radius 2 is 1.68 bits per heavy atom. The Kier molecular flexibility index (Phi) is 7.50. The first-order chi connectivity index (χ1) is 15.2. The van der Waals surface area contributed by atoms with Crippen molar-refractivity contribution >= 4 is 0 Å². The Morgan fingerprint density at radius 3 is 2.35 bits per heavy atom. The minimum Gasteiger partial charge on any atom is -0.388 e. The first-order valence-electron chi connectivity index (χ1n) is 10.8. The predicted molar refractivity (Wildman–Crippen MR) is 115 cm³/mol. The van der Waals surface area contributed by atoms with Crippen LogP contribution in [0.2, 0.25) is 0 Å². The molecule has 2 aliphatic rings. The van der Waals surface area contributed by atoms with Gasteiger partial charge in [0.2, 0.25) is 5.79 Å². The van der Waals surface area contributed by atoms with E-state index in [1.54, 1.807) is 0 Å². The van der Waals surface area contributed by atoms with Gasteiger partial charge in [-0.2, -0.15) is 0 Å². The largest absolute Gasteiger partial charge is 0.388 e. The number of aliphatic hydroxyl groups is 1. The zero-order valence-electron chi connectivity index (χ0n) is 17.6. The molecule has 1 N–H and O–H groups in total. The number of benzene rings is 2. The van der Waals surface area contributed by atoms with Gasteiger partial charge in [0.1, 0.15) is 12.2 Å². The Morgan fingerprint density at radius 1 is 1.00 bits per heavy atom. The van der Waals surface area contributed by atoms with Crippen LogP contribution in [0.5, 0.6) is 0 Å². The molecule has 2 aliphatic heterocycles. The summed E-state index contributed by atoms with van der Waals surface area (Å²) in [6.07, 6.45) is 0.656. The SMILES string of the molecule is C=CCCCO[C@H]1O[C@H]2[C@H](O)CO[C@@]2(OCc2ccccc2)[C@H]1OCc1ccccc1. The molecule has 0 amide bonds. The van der Waals surface area contributed by atoms with E-state index in [9.17, 15) is 5.11 Å². The number of hydrogen-bond donors (Lipinski definition) is 1. The highest BCUT2D eigenvalue weighted by molar-refractivity contribution is 5.15. The molecule has 2 saturated heterocycles. The zero-order valence-corrected chi connectivity index (χ0v) is 17.6. The van der Waals surface area contributed by atoms with Gasteiger partial charge in [0.15, 0.2) is 12.4 Å². The average Bonchev–Trinajstić information content (AvgIpc) is 3.29. The Balaban J connectivity index is 1.53. The van der Waals surface area contributed by atoms with Crippen molar-refractivity contribution in [3.8, 4) is 0 Å². The Bertz CT molecular complexity index is 813. The van der Waals surface area contributed by atoms with Crippen molar-refractivity contribution in [2.45, 2.75) is 56.4 Å². The highest BCUT2D eigenvalue weighted by Crippen LogP contribution is 2.44. The summed E-state index contributed by atoms with van der Waals surface area (Å²) in [6.45, 7) is 5.01. The normalized spacial score (nSPS) is 29.7.